The van der Waals surface area contributed by atoms with Gasteiger partial charge in [-0.05, 0) is 17.5 Å². The number of rotatable bonds is 5. The highest BCUT2D eigenvalue weighted by Gasteiger charge is 2.17. The van der Waals surface area contributed by atoms with Crippen molar-refractivity contribution in [2.75, 3.05) is 7.11 Å². The van der Waals surface area contributed by atoms with E-state index in [1.54, 1.807) is 16.8 Å². The van der Waals surface area contributed by atoms with Gasteiger partial charge in [0.1, 0.15) is 6.61 Å². The van der Waals surface area contributed by atoms with Crippen LogP contribution in [0.5, 0.6) is 5.88 Å². The van der Waals surface area contributed by atoms with Crippen molar-refractivity contribution in [1.82, 2.24) is 9.78 Å². The molecule has 0 amide bonds. The highest BCUT2D eigenvalue weighted by molar-refractivity contribution is 5.91. The topological polar surface area (TPSA) is 53.4 Å². The van der Waals surface area contributed by atoms with Crippen LogP contribution >= 0.6 is 0 Å². The molecule has 0 aliphatic rings. The largest absolute Gasteiger partial charge is 0.472 e. The van der Waals surface area contributed by atoms with Gasteiger partial charge in [-0.3, -0.25) is 4.68 Å². The third kappa shape index (κ3) is 3.42. The smallest absolute Gasteiger partial charge is 0.338 e. The number of esters is 1. The van der Waals surface area contributed by atoms with E-state index in [1.807, 2.05) is 25.4 Å². The third-order valence-electron chi connectivity index (χ3n) is 3.29. The van der Waals surface area contributed by atoms with Crippen LogP contribution < -0.4 is 4.74 Å². The lowest BCUT2D eigenvalue weighted by Gasteiger charge is -2.16. The van der Waals surface area contributed by atoms with E-state index in [4.69, 9.17) is 9.47 Å². The molecule has 0 aliphatic heterocycles. The summed E-state index contributed by atoms with van der Waals surface area (Å²) in [5.41, 5.74) is 2.47. The van der Waals surface area contributed by atoms with Gasteiger partial charge in [-0.25, -0.2) is 4.79 Å². The van der Waals surface area contributed by atoms with Crippen LogP contribution in [0.25, 0.3) is 0 Å². The second-order valence-electron chi connectivity index (χ2n) is 5.14. The maximum absolute atomic E-state index is 11.9. The van der Waals surface area contributed by atoms with Crippen molar-refractivity contribution in [1.29, 1.82) is 0 Å². The van der Waals surface area contributed by atoms with Crippen LogP contribution in [0.15, 0.2) is 30.5 Å². The molecule has 0 spiro atoms. The number of hydrogen-bond donors (Lipinski definition) is 0. The van der Waals surface area contributed by atoms with Gasteiger partial charge < -0.3 is 9.47 Å². The fraction of sp³-hybridized carbons (Fsp3) is 0.375. The molecule has 0 unspecified atom stereocenters. The molecule has 0 saturated heterocycles. The maximum Gasteiger partial charge on any atom is 0.338 e. The van der Waals surface area contributed by atoms with Gasteiger partial charge in [0.05, 0.1) is 12.7 Å². The zero-order chi connectivity index (χ0) is 15.4. The Morgan fingerprint density at radius 2 is 2.10 bits per heavy atom. The summed E-state index contributed by atoms with van der Waals surface area (Å²) in [4.78, 5) is 11.9. The van der Waals surface area contributed by atoms with Crippen LogP contribution in [0, 0.1) is 0 Å². The number of carbonyl (C=O) groups is 1. The number of carbonyl (C=O) groups excluding carboxylic acids is 1. The summed E-state index contributed by atoms with van der Waals surface area (Å²) < 4.78 is 12.2. The maximum atomic E-state index is 11.9. The van der Waals surface area contributed by atoms with E-state index in [9.17, 15) is 4.79 Å². The monoisotopic (exact) mass is 288 g/mol. The first-order chi connectivity index (χ1) is 10.0. The van der Waals surface area contributed by atoms with Crippen molar-refractivity contribution in [2.24, 2.45) is 7.05 Å². The number of aryl methyl sites for hydroxylation is 1. The highest BCUT2D eigenvalue weighted by atomic mass is 16.5. The van der Waals surface area contributed by atoms with Gasteiger partial charge in [0.15, 0.2) is 0 Å². The average molecular weight is 288 g/mol. The Morgan fingerprint density at radius 3 is 2.67 bits per heavy atom. The van der Waals surface area contributed by atoms with Gasteiger partial charge in [-0.2, -0.15) is 0 Å². The van der Waals surface area contributed by atoms with E-state index in [0.717, 1.165) is 11.1 Å². The average Bonchev–Trinajstić information content (AvgIpc) is 2.89. The van der Waals surface area contributed by atoms with Crippen molar-refractivity contribution in [2.45, 2.75) is 26.4 Å². The second kappa shape index (κ2) is 6.43. The first kappa shape index (κ1) is 15.1. The van der Waals surface area contributed by atoms with Gasteiger partial charge in [0, 0.05) is 24.9 Å². The summed E-state index contributed by atoms with van der Waals surface area (Å²) in [6.45, 7) is 4.46. The number of nitrogens with zero attached hydrogens (tertiary/aromatic N) is 2. The molecule has 0 bridgehead atoms. The van der Waals surface area contributed by atoms with E-state index >= 15 is 0 Å². The Bertz CT molecular complexity index is 632. The number of ether oxygens (including phenoxy) is 2. The molecule has 5 nitrogen and oxygen atoms in total. The Kier molecular flexibility index (Phi) is 4.62. The van der Waals surface area contributed by atoms with Gasteiger partial charge in [-0.1, -0.05) is 26.0 Å². The highest BCUT2D eigenvalue weighted by Crippen LogP contribution is 2.24. The molecule has 0 N–H and O–H groups in total. The van der Waals surface area contributed by atoms with E-state index in [0.29, 0.717) is 11.4 Å². The zero-order valence-corrected chi connectivity index (χ0v) is 12.8. The van der Waals surface area contributed by atoms with Crippen LogP contribution in [0.3, 0.4) is 0 Å². The molecule has 0 radical (unpaired) electrons. The molecular formula is C16H20N2O3. The summed E-state index contributed by atoms with van der Waals surface area (Å²) in [5.74, 6) is 0.473. The Hall–Kier alpha value is -2.30. The normalized spacial score (nSPS) is 10.7. The number of methoxy groups -OCH3 is 1. The van der Waals surface area contributed by atoms with Crippen LogP contribution in [0.2, 0.25) is 0 Å². The molecule has 1 aromatic heterocycles. The molecule has 21 heavy (non-hydrogen) atoms. The molecule has 1 heterocycles. The Labute approximate surface area is 124 Å². The first-order valence-electron chi connectivity index (χ1n) is 6.85. The fourth-order valence-electron chi connectivity index (χ4n) is 2.22. The van der Waals surface area contributed by atoms with E-state index in [2.05, 4.69) is 18.9 Å². The summed E-state index contributed by atoms with van der Waals surface area (Å²) in [6.07, 6.45) is 1.81. The summed E-state index contributed by atoms with van der Waals surface area (Å²) >= 11 is 0. The predicted octanol–water partition coefficient (Wildman–Crippen LogP) is 2.91. The molecule has 5 heteroatoms. The van der Waals surface area contributed by atoms with Gasteiger partial charge in [-0.15, -0.1) is 5.10 Å². The number of benzene rings is 1. The van der Waals surface area contributed by atoms with Crippen molar-refractivity contribution in [3.05, 3.63) is 47.2 Å². The standard InChI is InChI=1S/C16H20N2O3/c1-11(2)12-6-5-7-13(16(19)20-4)14(12)10-21-15-8-9-18(3)17-15/h5-9,11H,10H2,1-4H3. The van der Waals surface area contributed by atoms with Crippen molar-refractivity contribution >= 4 is 5.97 Å². The molecule has 0 aliphatic carbocycles. The summed E-state index contributed by atoms with van der Waals surface area (Å²) in [5, 5.41) is 4.17. The van der Waals surface area contributed by atoms with Crippen LogP contribution in [0.4, 0.5) is 0 Å². The van der Waals surface area contributed by atoms with Crippen LogP contribution in [0.1, 0.15) is 41.3 Å². The molecule has 0 saturated carbocycles. The quantitative estimate of drug-likeness (QED) is 0.794. The lowest BCUT2D eigenvalue weighted by Crippen LogP contribution is -2.11. The Balaban J connectivity index is 2.32. The van der Waals surface area contributed by atoms with Gasteiger partial charge in [0.2, 0.25) is 5.88 Å². The van der Waals surface area contributed by atoms with Crippen molar-refractivity contribution in [3.63, 3.8) is 0 Å². The van der Waals surface area contributed by atoms with E-state index in [1.165, 1.54) is 7.11 Å². The summed E-state index contributed by atoms with van der Waals surface area (Å²) in [7, 11) is 3.21. The lowest BCUT2D eigenvalue weighted by atomic mass is 9.93. The third-order valence-corrected chi connectivity index (χ3v) is 3.29. The molecule has 1 aromatic carbocycles. The molecule has 2 rings (SSSR count). The predicted molar refractivity (Wildman–Crippen MR) is 79.4 cm³/mol. The second-order valence-corrected chi connectivity index (χ2v) is 5.14. The molecule has 0 fully saturated rings. The van der Waals surface area contributed by atoms with Crippen molar-refractivity contribution < 1.29 is 14.3 Å². The summed E-state index contributed by atoms with van der Waals surface area (Å²) in [6, 6.07) is 7.42. The minimum atomic E-state index is -0.350. The van der Waals surface area contributed by atoms with Gasteiger partial charge >= 0.3 is 5.97 Å². The zero-order valence-electron chi connectivity index (χ0n) is 12.8. The molecule has 112 valence electrons. The molecule has 0 atom stereocenters. The van der Waals surface area contributed by atoms with Crippen LogP contribution in [-0.2, 0) is 18.4 Å². The molecule has 2 aromatic rings. The molecular weight excluding hydrogens is 268 g/mol. The Morgan fingerprint density at radius 1 is 1.33 bits per heavy atom. The first-order valence-corrected chi connectivity index (χ1v) is 6.85. The van der Waals surface area contributed by atoms with Crippen molar-refractivity contribution in [3.8, 4) is 5.88 Å². The van der Waals surface area contributed by atoms with E-state index < -0.39 is 0 Å². The van der Waals surface area contributed by atoms with E-state index in [-0.39, 0.29) is 18.5 Å². The SMILES string of the molecule is COC(=O)c1cccc(C(C)C)c1COc1ccn(C)n1. The minimum absolute atomic E-state index is 0.287. The number of aromatic nitrogens is 2. The van der Waals surface area contributed by atoms with Crippen LogP contribution in [-0.4, -0.2) is 22.9 Å². The van der Waals surface area contributed by atoms with Gasteiger partial charge in [0.25, 0.3) is 0 Å². The lowest BCUT2D eigenvalue weighted by molar-refractivity contribution is 0.0597. The number of hydrogen-bond acceptors (Lipinski definition) is 4. The fourth-order valence-corrected chi connectivity index (χ4v) is 2.22. The minimum Gasteiger partial charge on any atom is -0.472 e.